The lowest BCUT2D eigenvalue weighted by molar-refractivity contribution is -0.132. The number of hydrogen-bond acceptors (Lipinski definition) is 3. The zero-order valence-electron chi connectivity index (χ0n) is 13.3. The van der Waals surface area contributed by atoms with Crippen LogP contribution in [-0.2, 0) is 9.59 Å². The fourth-order valence-corrected chi connectivity index (χ4v) is 2.50. The lowest BCUT2D eigenvalue weighted by atomic mass is 9.83. The molecule has 0 spiro atoms. The molecule has 0 saturated heterocycles. The normalized spacial score (nSPS) is 20.8. The van der Waals surface area contributed by atoms with E-state index in [2.05, 4.69) is 20.8 Å². The Balaban J connectivity index is 3.25. The zero-order valence-corrected chi connectivity index (χ0v) is 13.3. The van der Waals surface area contributed by atoms with E-state index in [0.29, 0.717) is 6.54 Å². The minimum atomic E-state index is -0.862. The summed E-state index contributed by atoms with van der Waals surface area (Å²) < 4.78 is 0. The molecular formula is C15H26N2O3. The molecule has 0 radical (unpaired) electrons. The van der Waals surface area contributed by atoms with Crippen molar-refractivity contribution in [1.82, 2.24) is 4.90 Å². The second-order valence-electron chi connectivity index (χ2n) is 7.34. The summed E-state index contributed by atoms with van der Waals surface area (Å²) in [6, 6.07) is -0.511. The highest BCUT2D eigenvalue weighted by atomic mass is 16.3. The van der Waals surface area contributed by atoms with Crippen LogP contribution in [0.15, 0.2) is 11.3 Å². The molecule has 0 aromatic carbocycles. The molecule has 20 heavy (non-hydrogen) atoms. The van der Waals surface area contributed by atoms with E-state index >= 15 is 0 Å². The molecule has 2 amide bonds. The molecule has 0 fully saturated rings. The van der Waals surface area contributed by atoms with Crippen molar-refractivity contribution in [3.63, 3.8) is 0 Å². The first-order chi connectivity index (χ1) is 8.92. The number of nitrogens with two attached hydrogens (primary N) is 1. The van der Waals surface area contributed by atoms with Gasteiger partial charge in [-0.3, -0.25) is 9.59 Å². The van der Waals surface area contributed by atoms with Crippen LogP contribution in [0.2, 0.25) is 0 Å². The molecule has 5 heteroatoms. The van der Waals surface area contributed by atoms with E-state index < -0.39 is 17.9 Å². The Hall–Kier alpha value is -1.52. The largest absolute Gasteiger partial charge is 0.509 e. The predicted molar refractivity (Wildman–Crippen MR) is 77.9 cm³/mol. The Morgan fingerprint density at radius 2 is 1.80 bits per heavy atom. The number of carbonyl (C=O) groups excluding carboxylic acids is 2. The number of nitrogens with zero attached hydrogens (tertiary/aromatic N) is 1. The molecule has 1 unspecified atom stereocenters. The molecule has 5 nitrogen and oxygen atoms in total. The van der Waals surface area contributed by atoms with E-state index in [0.717, 1.165) is 6.42 Å². The van der Waals surface area contributed by atoms with E-state index in [-0.39, 0.29) is 22.2 Å². The van der Waals surface area contributed by atoms with Crippen LogP contribution >= 0.6 is 0 Å². The summed E-state index contributed by atoms with van der Waals surface area (Å²) in [5.74, 6) is -1.52. The summed E-state index contributed by atoms with van der Waals surface area (Å²) in [4.78, 5) is 25.4. The van der Waals surface area contributed by atoms with Crippen molar-refractivity contribution in [2.75, 3.05) is 6.54 Å². The van der Waals surface area contributed by atoms with Crippen LogP contribution in [-0.4, -0.2) is 34.4 Å². The number of primary amides is 1. The quantitative estimate of drug-likeness (QED) is 0.773. The zero-order chi connectivity index (χ0) is 15.9. The van der Waals surface area contributed by atoms with Crippen LogP contribution in [0.3, 0.4) is 0 Å². The highest BCUT2D eigenvalue weighted by Crippen LogP contribution is 2.38. The molecule has 1 atom stereocenters. The van der Waals surface area contributed by atoms with Crippen molar-refractivity contribution in [2.45, 2.75) is 54.0 Å². The van der Waals surface area contributed by atoms with Gasteiger partial charge >= 0.3 is 0 Å². The van der Waals surface area contributed by atoms with Gasteiger partial charge < -0.3 is 15.7 Å². The third-order valence-electron chi connectivity index (χ3n) is 3.92. The van der Waals surface area contributed by atoms with Gasteiger partial charge in [0.15, 0.2) is 0 Å². The van der Waals surface area contributed by atoms with Gasteiger partial charge in [0.2, 0.25) is 0 Å². The third-order valence-corrected chi connectivity index (χ3v) is 3.92. The molecule has 0 aliphatic carbocycles. The lowest BCUT2D eigenvalue weighted by Crippen LogP contribution is -2.48. The van der Waals surface area contributed by atoms with Crippen LogP contribution in [0, 0.1) is 10.8 Å². The van der Waals surface area contributed by atoms with Crippen molar-refractivity contribution in [1.29, 1.82) is 0 Å². The van der Waals surface area contributed by atoms with Crippen molar-refractivity contribution >= 4 is 11.8 Å². The van der Waals surface area contributed by atoms with Gasteiger partial charge in [-0.1, -0.05) is 41.5 Å². The summed E-state index contributed by atoms with van der Waals surface area (Å²) >= 11 is 0. The number of aliphatic hydroxyl groups excluding tert-OH is 1. The molecule has 0 aromatic rings. The van der Waals surface area contributed by atoms with E-state index in [4.69, 9.17) is 5.73 Å². The summed E-state index contributed by atoms with van der Waals surface area (Å²) in [6.07, 6.45) is 0.889. The van der Waals surface area contributed by atoms with Crippen LogP contribution in [0.5, 0.6) is 0 Å². The third kappa shape index (κ3) is 2.97. The smallest absolute Gasteiger partial charge is 0.263 e. The highest BCUT2D eigenvalue weighted by Gasteiger charge is 2.48. The first-order valence-corrected chi connectivity index (χ1v) is 6.96. The molecule has 1 aliphatic heterocycles. The Morgan fingerprint density at radius 1 is 1.30 bits per heavy atom. The van der Waals surface area contributed by atoms with Crippen LogP contribution in [0.1, 0.15) is 48.0 Å². The molecule has 0 aromatic heterocycles. The number of rotatable bonds is 4. The minimum absolute atomic E-state index is 0.0907. The fourth-order valence-electron chi connectivity index (χ4n) is 2.50. The van der Waals surface area contributed by atoms with Gasteiger partial charge in [0.25, 0.3) is 11.8 Å². The minimum Gasteiger partial charge on any atom is -0.509 e. The summed E-state index contributed by atoms with van der Waals surface area (Å²) in [5, 5.41) is 10.3. The Bertz CT molecular complexity index is 458. The van der Waals surface area contributed by atoms with Crippen molar-refractivity contribution < 1.29 is 14.7 Å². The Labute approximate surface area is 120 Å². The lowest BCUT2D eigenvalue weighted by Gasteiger charge is -2.39. The average molecular weight is 282 g/mol. The number of hydrogen-bond donors (Lipinski definition) is 2. The van der Waals surface area contributed by atoms with E-state index in [1.54, 1.807) is 4.90 Å². The topological polar surface area (TPSA) is 83.6 Å². The van der Waals surface area contributed by atoms with Gasteiger partial charge in [-0.05, 0) is 17.3 Å². The highest BCUT2D eigenvalue weighted by molar-refractivity contribution is 6.20. The first-order valence-electron chi connectivity index (χ1n) is 6.96. The summed E-state index contributed by atoms with van der Waals surface area (Å²) in [5.41, 5.74) is 4.51. The fraction of sp³-hybridized carbons (Fsp3) is 0.733. The molecule has 1 rings (SSSR count). The SMILES string of the molecule is CCC(C)(C)CN1C(=O)C(C(N)=O)=C(O)C1C(C)(C)C. The van der Waals surface area contributed by atoms with Gasteiger partial charge in [0.05, 0.1) is 6.04 Å². The standard InChI is InChI=1S/C15H26N2O3/c1-7-15(5,6)8-17-11(14(2,3)4)10(18)9(12(16)19)13(17)20/h11,18H,7-8H2,1-6H3,(H2,16,19). The maximum atomic E-state index is 12.4. The van der Waals surface area contributed by atoms with Gasteiger partial charge in [-0.25, -0.2) is 0 Å². The monoisotopic (exact) mass is 282 g/mol. The Kier molecular flexibility index (Phi) is 4.22. The molecular weight excluding hydrogens is 256 g/mol. The Morgan fingerprint density at radius 3 is 2.15 bits per heavy atom. The molecule has 1 heterocycles. The van der Waals surface area contributed by atoms with E-state index in [1.807, 2.05) is 20.8 Å². The van der Waals surface area contributed by atoms with Crippen molar-refractivity contribution in [3.05, 3.63) is 11.3 Å². The van der Waals surface area contributed by atoms with Gasteiger partial charge in [-0.15, -0.1) is 0 Å². The van der Waals surface area contributed by atoms with Crippen molar-refractivity contribution in [2.24, 2.45) is 16.6 Å². The number of carbonyl (C=O) groups is 2. The maximum Gasteiger partial charge on any atom is 0.263 e. The van der Waals surface area contributed by atoms with Crippen LogP contribution in [0.4, 0.5) is 0 Å². The molecule has 1 aliphatic rings. The molecule has 3 N–H and O–H groups in total. The average Bonchev–Trinajstić information content (AvgIpc) is 2.49. The number of aliphatic hydroxyl groups is 1. The molecule has 0 saturated carbocycles. The van der Waals surface area contributed by atoms with Crippen LogP contribution in [0.25, 0.3) is 0 Å². The first kappa shape index (κ1) is 16.5. The predicted octanol–water partition coefficient (Wildman–Crippen LogP) is 1.98. The van der Waals surface area contributed by atoms with Crippen LogP contribution < -0.4 is 5.73 Å². The second kappa shape index (κ2) is 5.11. The number of amides is 2. The van der Waals surface area contributed by atoms with Gasteiger partial charge in [0, 0.05) is 6.54 Å². The van der Waals surface area contributed by atoms with Gasteiger partial charge in [-0.2, -0.15) is 0 Å². The summed E-state index contributed by atoms with van der Waals surface area (Å²) in [7, 11) is 0. The molecule has 114 valence electrons. The maximum absolute atomic E-state index is 12.4. The van der Waals surface area contributed by atoms with E-state index in [1.165, 1.54) is 0 Å². The second-order valence-corrected chi connectivity index (χ2v) is 7.34. The molecule has 0 bridgehead atoms. The van der Waals surface area contributed by atoms with Crippen molar-refractivity contribution in [3.8, 4) is 0 Å². The van der Waals surface area contributed by atoms with Gasteiger partial charge in [0.1, 0.15) is 11.3 Å². The van der Waals surface area contributed by atoms with E-state index in [9.17, 15) is 14.7 Å². The summed E-state index contributed by atoms with van der Waals surface area (Å²) in [6.45, 7) is 12.4.